The predicted molar refractivity (Wildman–Crippen MR) is 74.1 cm³/mol. The molecule has 0 heterocycles. The molecule has 3 heteroatoms. The molecule has 1 amide bonds. The lowest BCUT2D eigenvalue weighted by molar-refractivity contribution is -0.127. The molecule has 1 aromatic rings. The summed E-state index contributed by atoms with van der Waals surface area (Å²) in [6.45, 7) is 4.88. The third kappa shape index (κ3) is 3.14. The van der Waals surface area contributed by atoms with E-state index in [0.29, 0.717) is 12.1 Å². The van der Waals surface area contributed by atoms with Gasteiger partial charge >= 0.3 is 0 Å². The number of nitrogens with zero attached hydrogens (tertiary/aromatic N) is 1. The van der Waals surface area contributed by atoms with Crippen molar-refractivity contribution < 1.29 is 4.79 Å². The highest BCUT2D eigenvalue weighted by Crippen LogP contribution is 2.42. The Kier molecular flexibility index (Phi) is 3.90. The Balaban J connectivity index is 1.91. The third-order valence-corrected chi connectivity index (χ3v) is 4.12. The van der Waals surface area contributed by atoms with Crippen LogP contribution in [0.2, 0.25) is 0 Å². The molecular formula is C16H20N2O. The molecule has 1 aliphatic rings. The molecule has 0 aliphatic heterocycles. The van der Waals surface area contributed by atoms with Crippen molar-refractivity contribution in [3.05, 3.63) is 35.4 Å². The summed E-state index contributed by atoms with van der Waals surface area (Å²) >= 11 is 0. The third-order valence-electron chi connectivity index (χ3n) is 4.12. The molecule has 2 rings (SSSR count). The van der Waals surface area contributed by atoms with Crippen LogP contribution < -0.4 is 5.32 Å². The van der Waals surface area contributed by atoms with Crippen LogP contribution in [-0.4, -0.2) is 5.91 Å². The van der Waals surface area contributed by atoms with Crippen molar-refractivity contribution in [1.82, 2.24) is 5.32 Å². The summed E-state index contributed by atoms with van der Waals surface area (Å²) in [7, 11) is 0. The largest absolute Gasteiger partial charge is 0.352 e. The van der Waals surface area contributed by atoms with Crippen molar-refractivity contribution in [1.29, 1.82) is 5.26 Å². The first-order valence-corrected chi connectivity index (χ1v) is 6.80. The van der Waals surface area contributed by atoms with E-state index in [-0.39, 0.29) is 17.2 Å². The topological polar surface area (TPSA) is 52.9 Å². The van der Waals surface area contributed by atoms with Gasteiger partial charge in [0.1, 0.15) is 0 Å². The van der Waals surface area contributed by atoms with Crippen LogP contribution in [0.3, 0.4) is 0 Å². The second-order valence-corrected chi connectivity index (χ2v) is 5.96. The predicted octanol–water partition coefficient (Wildman–Crippen LogP) is 3.00. The average molecular weight is 256 g/mol. The minimum Gasteiger partial charge on any atom is -0.352 e. The molecule has 1 aliphatic carbocycles. The van der Waals surface area contributed by atoms with E-state index in [2.05, 4.69) is 25.2 Å². The molecule has 1 atom stereocenters. The van der Waals surface area contributed by atoms with E-state index in [9.17, 15) is 4.79 Å². The zero-order valence-electron chi connectivity index (χ0n) is 11.6. The molecule has 19 heavy (non-hydrogen) atoms. The molecule has 0 saturated heterocycles. The van der Waals surface area contributed by atoms with Gasteiger partial charge in [0.15, 0.2) is 0 Å². The molecule has 0 bridgehead atoms. The monoisotopic (exact) mass is 256 g/mol. The van der Waals surface area contributed by atoms with Crippen molar-refractivity contribution in [2.24, 2.45) is 11.3 Å². The van der Waals surface area contributed by atoms with Gasteiger partial charge in [-0.25, -0.2) is 0 Å². The average Bonchev–Trinajstić information content (AvgIpc) is 2.76. The summed E-state index contributed by atoms with van der Waals surface area (Å²) in [5.74, 6) is 0.290. The molecule has 0 spiro atoms. The highest BCUT2D eigenvalue weighted by molar-refractivity contribution is 5.79. The Morgan fingerprint density at radius 2 is 2.11 bits per heavy atom. The fourth-order valence-electron chi connectivity index (χ4n) is 2.82. The van der Waals surface area contributed by atoms with E-state index in [4.69, 9.17) is 5.26 Å². The van der Waals surface area contributed by atoms with Crippen LogP contribution in [0.4, 0.5) is 0 Å². The number of carbonyl (C=O) groups is 1. The second kappa shape index (κ2) is 5.44. The van der Waals surface area contributed by atoms with Gasteiger partial charge in [-0.15, -0.1) is 0 Å². The molecule has 1 fully saturated rings. The van der Waals surface area contributed by atoms with Crippen LogP contribution in [-0.2, 0) is 11.3 Å². The highest BCUT2D eigenvalue weighted by atomic mass is 16.1. The van der Waals surface area contributed by atoms with Gasteiger partial charge < -0.3 is 5.32 Å². The first kappa shape index (κ1) is 13.6. The van der Waals surface area contributed by atoms with Crippen LogP contribution in [0.5, 0.6) is 0 Å². The highest BCUT2D eigenvalue weighted by Gasteiger charge is 2.38. The Labute approximate surface area is 114 Å². The fourth-order valence-corrected chi connectivity index (χ4v) is 2.82. The Morgan fingerprint density at radius 3 is 2.63 bits per heavy atom. The molecular weight excluding hydrogens is 236 g/mol. The number of nitrogens with one attached hydrogen (secondary N) is 1. The van der Waals surface area contributed by atoms with Crippen molar-refractivity contribution in [2.45, 2.75) is 39.7 Å². The minimum absolute atomic E-state index is 0.120. The first-order chi connectivity index (χ1) is 9.03. The number of carbonyl (C=O) groups excluding carboxylic acids is 1. The van der Waals surface area contributed by atoms with E-state index in [0.717, 1.165) is 24.8 Å². The minimum atomic E-state index is 0.120. The summed E-state index contributed by atoms with van der Waals surface area (Å²) in [6.07, 6.45) is 3.26. The summed E-state index contributed by atoms with van der Waals surface area (Å²) in [4.78, 5) is 12.2. The molecule has 1 aromatic carbocycles. The van der Waals surface area contributed by atoms with Crippen LogP contribution in [0.1, 0.15) is 44.2 Å². The Morgan fingerprint density at radius 1 is 1.42 bits per heavy atom. The molecule has 1 unspecified atom stereocenters. The Hall–Kier alpha value is -1.82. The SMILES string of the molecule is CC1(C)CCCC1C(=O)NCc1ccc(C#N)cc1. The number of benzene rings is 1. The summed E-state index contributed by atoms with van der Waals surface area (Å²) < 4.78 is 0. The number of hydrogen-bond acceptors (Lipinski definition) is 2. The van der Waals surface area contributed by atoms with E-state index in [1.165, 1.54) is 0 Å². The second-order valence-electron chi connectivity index (χ2n) is 5.96. The summed E-state index contributed by atoms with van der Waals surface area (Å²) in [5.41, 5.74) is 1.80. The lowest BCUT2D eigenvalue weighted by atomic mass is 9.81. The Bertz CT molecular complexity index is 496. The van der Waals surface area contributed by atoms with Gasteiger partial charge in [0.2, 0.25) is 5.91 Å². The molecule has 100 valence electrons. The van der Waals surface area contributed by atoms with E-state index in [1.54, 1.807) is 12.1 Å². The molecule has 3 nitrogen and oxygen atoms in total. The fraction of sp³-hybridized carbons (Fsp3) is 0.500. The maximum atomic E-state index is 12.2. The van der Waals surface area contributed by atoms with Gasteiger partial charge in [-0.2, -0.15) is 5.26 Å². The van der Waals surface area contributed by atoms with Gasteiger partial charge in [-0.05, 0) is 36.0 Å². The normalized spacial score (nSPS) is 20.8. The van der Waals surface area contributed by atoms with Gasteiger partial charge in [-0.3, -0.25) is 4.79 Å². The zero-order valence-corrected chi connectivity index (χ0v) is 11.6. The smallest absolute Gasteiger partial charge is 0.223 e. The summed E-state index contributed by atoms with van der Waals surface area (Å²) in [6, 6.07) is 9.42. The van der Waals surface area contributed by atoms with Crippen molar-refractivity contribution in [3.63, 3.8) is 0 Å². The standard InChI is InChI=1S/C16H20N2O/c1-16(2)9-3-4-14(16)15(19)18-11-13-7-5-12(10-17)6-8-13/h5-8,14H,3-4,9,11H2,1-2H3,(H,18,19). The van der Waals surface area contributed by atoms with Crippen molar-refractivity contribution in [3.8, 4) is 6.07 Å². The van der Waals surface area contributed by atoms with Gasteiger partial charge in [0.25, 0.3) is 0 Å². The van der Waals surface area contributed by atoms with Gasteiger partial charge in [0, 0.05) is 12.5 Å². The molecule has 1 N–H and O–H groups in total. The van der Waals surface area contributed by atoms with E-state index in [1.807, 2.05) is 12.1 Å². The lowest BCUT2D eigenvalue weighted by Gasteiger charge is -2.25. The van der Waals surface area contributed by atoms with Crippen molar-refractivity contribution >= 4 is 5.91 Å². The zero-order chi connectivity index (χ0) is 13.9. The maximum Gasteiger partial charge on any atom is 0.223 e. The quantitative estimate of drug-likeness (QED) is 0.903. The van der Waals surface area contributed by atoms with Gasteiger partial charge in [0.05, 0.1) is 11.6 Å². The molecule has 0 aromatic heterocycles. The lowest BCUT2D eigenvalue weighted by Crippen LogP contribution is -2.35. The number of rotatable bonds is 3. The number of hydrogen-bond donors (Lipinski definition) is 1. The maximum absolute atomic E-state index is 12.2. The van der Waals surface area contributed by atoms with Gasteiger partial charge in [-0.1, -0.05) is 32.4 Å². The number of amides is 1. The van der Waals surface area contributed by atoms with Crippen LogP contribution >= 0.6 is 0 Å². The first-order valence-electron chi connectivity index (χ1n) is 6.80. The van der Waals surface area contributed by atoms with E-state index >= 15 is 0 Å². The van der Waals surface area contributed by atoms with Crippen molar-refractivity contribution in [2.75, 3.05) is 0 Å². The van der Waals surface area contributed by atoms with Crippen LogP contribution in [0.25, 0.3) is 0 Å². The van der Waals surface area contributed by atoms with Crippen LogP contribution in [0, 0.1) is 22.7 Å². The van der Waals surface area contributed by atoms with E-state index < -0.39 is 0 Å². The molecule has 1 saturated carbocycles. The number of nitriles is 1. The molecule has 0 radical (unpaired) electrons. The summed E-state index contributed by atoms with van der Waals surface area (Å²) in [5, 5.41) is 11.7. The van der Waals surface area contributed by atoms with Crippen LogP contribution in [0.15, 0.2) is 24.3 Å².